The van der Waals surface area contributed by atoms with Crippen LogP contribution in [0.15, 0.2) is 30.4 Å². The molecule has 4 nitrogen and oxygen atoms in total. The lowest BCUT2D eigenvalue weighted by molar-refractivity contribution is 0.172. The molecule has 6 heteroatoms. The van der Waals surface area contributed by atoms with E-state index in [4.69, 9.17) is 9.47 Å². The monoisotopic (exact) mass is 376 g/mol. The fourth-order valence-electron chi connectivity index (χ4n) is 2.95. The lowest BCUT2D eigenvalue weighted by Crippen LogP contribution is -2.45. The van der Waals surface area contributed by atoms with E-state index in [0.29, 0.717) is 12.6 Å². The molecule has 0 aromatic heterocycles. The van der Waals surface area contributed by atoms with Crippen LogP contribution in [-0.4, -0.2) is 44.8 Å². The third-order valence-electron chi connectivity index (χ3n) is 4.01. The number of nitrogens with one attached hydrogen (secondary N) is 1. The van der Waals surface area contributed by atoms with Gasteiger partial charge in [-0.2, -0.15) is 0 Å². The van der Waals surface area contributed by atoms with Crippen LogP contribution >= 0.6 is 24.8 Å². The molecular formula is C18H30Cl2N2O2. The fraction of sp³-hybridized carbons (Fsp3) is 0.556. The summed E-state index contributed by atoms with van der Waals surface area (Å²) in [7, 11) is 1.69. The van der Waals surface area contributed by atoms with Crippen LogP contribution in [0.3, 0.4) is 0 Å². The lowest BCUT2D eigenvalue weighted by Gasteiger charge is -2.35. The van der Waals surface area contributed by atoms with E-state index < -0.39 is 0 Å². The highest BCUT2D eigenvalue weighted by Crippen LogP contribution is 2.34. The zero-order valence-corrected chi connectivity index (χ0v) is 16.5. The summed E-state index contributed by atoms with van der Waals surface area (Å²) in [5, 5.41) is 3.41. The molecule has 1 aliphatic rings. The summed E-state index contributed by atoms with van der Waals surface area (Å²) in [6, 6.07) is 6.64. The number of hydrogen-bond acceptors (Lipinski definition) is 4. The van der Waals surface area contributed by atoms with Gasteiger partial charge < -0.3 is 14.8 Å². The van der Waals surface area contributed by atoms with Crippen molar-refractivity contribution in [2.75, 3.05) is 39.9 Å². The van der Waals surface area contributed by atoms with Crippen LogP contribution in [0.1, 0.15) is 31.9 Å². The Hall–Kier alpha value is -0.940. The van der Waals surface area contributed by atoms with E-state index in [-0.39, 0.29) is 24.8 Å². The molecule has 1 N–H and O–H groups in total. The van der Waals surface area contributed by atoms with Gasteiger partial charge in [0.1, 0.15) is 0 Å². The van der Waals surface area contributed by atoms with E-state index in [0.717, 1.165) is 44.1 Å². The van der Waals surface area contributed by atoms with Crippen molar-refractivity contribution < 1.29 is 9.47 Å². The molecule has 0 aliphatic carbocycles. The Morgan fingerprint density at radius 3 is 2.46 bits per heavy atom. The normalized spacial score (nSPS) is 15.6. The molecule has 1 aliphatic heterocycles. The summed E-state index contributed by atoms with van der Waals surface area (Å²) < 4.78 is 11.1. The van der Waals surface area contributed by atoms with Gasteiger partial charge in [-0.3, -0.25) is 4.90 Å². The Balaban J connectivity index is 0.00000264. The van der Waals surface area contributed by atoms with Gasteiger partial charge in [0.25, 0.3) is 0 Å². The fourth-order valence-corrected chi connectivity index (χ4v) is 2.95. The Bertz CT molecular complexity index is 506. The van der Waals surface area contributed by atoms with E-state index in [9.17, 15) is 0 Å². The molecule has 1 aromatic rings. The van der Waals surface area contributed by atoms with Gasteiger partial charge >= 0.3 is 0 Å². The molecule has 24 heavy (non-hydrogen) atoms. The number of halogens is 2. The van der Waals surface area contributed by atoms with E-state index in [2.05, 4.69) is 35.9 Å². The van der Waals surface area contributed by atoms with Crippen molar-refractivity contribution in [2.45, 2.75) is 26.3 Å². The Morgan fingerprint density at radius 1 is 1.25 bits per heavy atom. The number of nitrogens with zero attached hydrogens (tertiary/aromatic N) is 1. The minimum atomic E-state index is 0. The molecule has 1 aromatic carbocycles. The van der Waals surface area contributed by atoms with Gasteiger partial charge in [0.15, 0.2) is 11.5 Å². The second-order valence-electron chi connectivity index (χ2n) is 5.81. The zero-order chi connectivity index (χ0) is 15.9. The van der Waals surface area contributed by atoms with Crippen LogP contribution in [0.2, 0.25) is 0 Å². The molecule has 2 rings (SSSR count). The van der Waals surface area contributed by atoms with Gasteiger partial charge in [-0.25, -0.2) is 0 Å². The van der Waals surface area contributed by atoms with E-state index in [1.54, 1.807) is 7.11 Å². The van der Waals surface area contributed by atoms with Crippen LogP contribution in [0.25, 0.3) is 0 Å². The largest absolute Gasteiger partial charge is 0.493 e. The minimum absolute atomic E-state index is 0. The van der Waals surface area contributed by atoms with Crippen molar-refractivity contribution in [3.8, 4) is 11.5 Å². The average molecular weight is 377 g/mol. The number of hydrogen-bond donors (Lipinski definition) is 1. The highest BCUT2D eigenvalue weighted by Gasteiger charge is 2.23. The van der Waals surface area contributed by atoms with Gasteiger partial charge in [0.05, 0.1) is 13.7 Å². The summed E-state index contributed by atoms with van der Waals surface area (Å²) in [6.45, 7) is 13.0. The smallest absolute Gasteiger partial charge is 0.161 e. The first-order valence-corrected chi connectivity index (χ1v) is 8.05. The van der Waals surface area contributed by atoms with Crippen molar-refractivity contribution in [3.63, 3.8) is 0 Å². The third-order valence-corrected chi connectivity index (χ3v) is 4.01. The van der Waals surface area contributed by atoms with Gasteiger partial charge in [-0.1, -0.05) is 11.6 Å². The van der Waals surface area contributed by atoms with Gasteiger partial charge in [0.2, 0.25) is 0 Å². The number of piperazine rings is 1. The van der Waals surface area contributed by atoms with Crippen molar-refractivity contribution in [1.29, 1.82) is 0 Å². The first kappa shape index (κ1) is 23.1. The Morgan fingerprint density at radius 2 is 1.92 bits per heavy atom. The maximum atomic E-state index is 5.62. The lowest BCUT2D eigenvalue weighted by atomic mass is 9.97. The van der Waals surface area contributed by atoms with Crippen LogP contribution in [-0.2, 0) is 0 Å². The van der Waals surface area contributed by atoms with Gasteiger partial charge in [0, 0.05) is 32.2 Å². The first-order valence-electron chi connectivity index (χ1n) is 8.05. The molecule has 0 amide bonds. The molecule has 1 atom stereocenters. The number of ether oxygens (including phenoxy) is 2. The standard InChI is InChI=1S/C18H28N2O2.2ClH/c1-5-22-17-7-6-15(13-18(17)21-4)16(12-14(2)3)20-10-8-19-9-11-20;;/h6-7,13,16,19H,2,5,8-12H2,1,3-4H3;2*1H/t16-;;/m0../s1. The van der Waals surface area contributed by atoms with Crippen LogP contribution in [0, 0.1) is 0 Å². The summed E-state index contributed by atoms with van der Waals surface area (Å²) in [4.78, 5) is 2.53. The predicted octanol–water partition coefficient (Wildman–Crippen LogP) is 3.85. The van der Waals surface area contributed by atoms with Gasteiger partial charge in [-0.15, -0.1) is 31.4 Å². The number of methoxy groups -OCH3 is 1. The van der Waals surface area contributed by atoms with Crippen molar-refractivity contribution in [1.82, 2.24) is 10.2 Å². The molecule has 1 fully saturated rings. The molecular weight excluding hydrogens is 347 g/mol. The minimum Gasteiger partial charge on any atom is -0.493 e. The summed E-state index contributed by atoms with van der Waals surface area (Å²) >= 11 is 0. The van der Waals surface area contributed by atoms with Crippen molar-refractivity contribution in [2.24, 2.45) is 0 Å². The summed E-state index contributed by atoms with van der Waals surface area (Å²) in [5.74, 6) is 1.62. The Labute approximate surface area is 158 Å². The predicted molar refractivity (Wildman–Crippen MR) is 105 cm³/mol. The molecule has 1 heterocycles. The van der Waals surface area contributed by atoms with Crippen LogP contribution in [0.5, 0.6) is 11.5 Å². The van der Waals surface area contributed by atoms with Crippen LogP contribution < -0.4 is 14.8 Å². The van der Waals surface area contributed by atoms with E-state index in [1.807, 2.05) is 13.0 Å². The van der Waals surface area contributed by atoms with E-state index >= 15 is 0 Å². The van der Waals surface area contributed by atoms with Crippen molar-refractivity contribution in [3.05, 3.63) is 35.9 Å². The Kier molecular flexibility index (Phi) is 11.1. The summed E-state index contributed by atoms with van der Waals surface area (Å²) in [5.41, 5.74) is 2.47. The second kappa shape index (κ2) is 11.6. The molecule has 0 unspecified atom stereocenters. The summed E-state index contributed by atoms with van der Waals surface area (Å²) in [6.07, 6.45) is 0.969. The molecule has 0 spiro atoms. The van der Waals surface area contributed by atoms with Gasteiger partial charge in [-0.05, 0) is 38.0 Å². The SMILES string of the molecule is C=C(C)C[C@@H](c1ccc(OCC)c(OC)c1)N1CCNCC1.Cl.Cl. The first-order chi connectivity index (χ1) is 10.7. The molecule has 0 radical (unpaired) electrons. The molecule has 138 valence electrons. The molecule has 0 bridgehead atoms. The topological polar surface area (TPSA) is 33.7 Å². The molecule has 0 saturated carbocycles. The van der Waals surface area contributed by atoms with E-state index in [1.165, 1.54) is 11.1 Å². The maximum absolute atomic E-state index is 5.62. The second-order valence-corrected chi connectivity index (χ2v) is 5.81. The third kappa shape index (κ3) is 6.17. The molecule has 1 saturated heterocycles. The number of benzene rings is 1. The maximum Gasteiger partial charge on any atom is 0.161 e. The number of rotatable bonds is 7. The average Bonchev–Trinajstić information content (AvgIpc) is 2.54. The highest BCUT2D eigenvalue weighted by atomic mass is 35.5. The zero-order valence-electron chi connectivity index (χ0n) is 14.8. The quantitative estimate of drug-likeness (QED) is 0.732. The van der Waals surface area contributed by atoms with Crippen LogP contribution in [0.4, 0.5) is 0 Å². The highest BCUT2D eigenvalue weighted by molar-refractivity contribution is 5.85. The van der Waals surface area contributed by atoms with Crippen molar-refractivity contribution >= 4 is 24.8 Å².